The summed E-state index contributed by atoms with van der Waals surface area (Å²) >= 11 is 0. The molecule has 0 aliphatic carbocycles. The summed E-state index contributed by atoms with van der Waals surface area (Å²) < 4.78 is 20.4. The number of aromatic nitrogens is 3. The highest BCUT2D eigenvalue weighted by Crippen LogP contribution is 2.22. The zero-order valence-corrected chi connectivity index (χ0v) is 13.3. The van der Waals surface area contributed by atoms with Gasteiger partial charge in [0, 0.05) is 13.1 Å². The lowest BCUT2D eigenvalue weighted by atomic mass is 10.1. The van der Waals surface area contributed by atoms with Gasteiger partial charge in [-0.3, -0.25) is 4.79 Å². The molecule has 24 heavy (non-hydrogen) atoms. The van der Waals surface area contributed by atoms with Crippen LogP contribution >= 0.6 is 0 Å². The Bertz CT molecular complexity index is 713. The molecule has 1 fully saturated rings. The van der Waals surface area contributed by atoms with E-state index in [-0.39, 0.29) is 30.7 Å². The maximum absolute atomic E-state index is 13.4. The van der Waals surface area contributed by atoms with E-state index in [0.29, 0.717) is 18.8 Å². The van der Waals surface area contributed by atoms with Gasteiger partial charge in [0.2, 0.25) is 5.91 Å². The smallest absolute Gasteiger partial charge is 0.226 e. The van der Waals surface area contributed by atoms with E-state index >= 15 is 0 Å². The van der Waals surface area contributed by atoms with Gasteiger partial charge in [-0.25, -0.2) is 9.07 Å². The fraction of sp³-hybridized carbons (Fsp3) is 0.438. The quantitative estimate of drug-likeness (QED) is 0.862. The molecule has 0 radical (unpaired) electrons. The number of nitrogens with zero attached hydrogens (tertiary/aromatic N) is 4. The summed E-state index contributed by atoms with van der Waals surface area (Å²) in [5.41, 5.74) is 0.512. The van der Waals surface area contributed by atoms with Crippen molar-refractivity contribution < 1.29 is 19.0 Å². The Morgan fingerprint density at radius 2 is 2.21 bits per heavy atom. The van der Waals surface area contributed by atoms with E-state index in [9.17, 15) is 14.3 Å². The highest BCUT2D eigenvalue weighted by atomic mass is 19.1. The first-order valence-electron chi connectivity index (χ1n) is 7.79. The molecule has 128 valence electrons. The average Bonchev–Trinajstić information content (AvgIpc) is 2.97. The van der Waals surface area contributed by atoms with Crippen molar-refractivity contribution in [3.05, 3.63) is 42.0 Å². The third-order valence-electron chi connectivity index (χ3n) is 3.96. The lowest BCUT2D eigenvalue weighted by Crippen LogP contribution is -2.51. The Morgan fingerprint density at radius 1 is 1.46 bits per heavy atom. The summed E-state index contributed by atoms with van der Waals surface area (Å²) in [6.07, 6.45) is 1.22. The molecular weight excluding hydrogens is 315 g/mol. The van der Waals surface area contributed by atoms with Crippen molar-refractivity contribution in [2.24, 2.45) is 0 Å². The summed E-state index contributed by atoms with van der Waals surface area (Å²) in [5, 5.41) is 17.3. The number of carbonyl (C=O) groups is 1. The molecule has 3 rings (SSSR count). The number of hydrogen-bond acceptors (Lipinski definition) is 5. The lowest BCUT2D eigenvalue weighted by Gasteiger charge is -2.38. The van der Waals surface area contributed by atoms with Gasteiger partial charge >= 0.3 is 0 Å². The summed E-state index contributed by atoms with van der Waals surface area (Å²) in [4.78, 5) is 13.8. The SMILES string of the molecule is CC(O)c1cn(C2CN(C(=O)CCOc3ccccc3F)C2)nn1. The zero-order valence-electron chi connectivity index (χ0n) is 13.3. The third kappa shape index (κ3) is 3.53. The first-order valence-corrected chi connectivity index (χ1v) is 7.79. The lowest BCUT2D eigenvalue weighted by molar-refractivity contribution is -0.137. The molecule has 1 unspecified atom stereocenters. The van der Waals surface area contributed by atoms with E-state index in [1.165, 1.54) is 12.1 Å². The molecule has 0 saturated carbocycles. The minimum absolute atomic E-state index is 0.0431. The van der Waals surface area contributed by atoms with Crippen LogP contribution < -0.4 is 4.74 Å². The number of aliphatic hydroxyl groups is 1. The standard InChI is InChI=1S/C16H19FN4O3/c1-11(22)14-10-21(19-18-14)12-8-20(9-12)16(23)6-7-24-15-5-3-2-4-13(15)17/h2-5,10-12,22H,6-9H2,1H3. The van der Waals surface area contributed by atoms with E-state index in [1.807, 2.05) is 0 Å². The van der Waals surface area contributed by atoms with E-state index in [4.69, 9.17) is 4.74 Å². The molecule has 2 heterocycles. The number of rotatable bonds is 6. The Labute approximate surface area is 138 Å². The summed E-state index contributed by atoms with van der Waals surface area (Å²) in [7, 11) is 0. The number of hydrogen-bond donors (Lipinski definition) is 1. The van der Waals surface area contributed by atoms with Gasteiger partial charge in [-0.05, 0) is 19.1 Å². The monoisotopic (exact) mass is 334 g/mol. The molecule has 1 amide bonds. The molecule has 7 nitrogen and oxygen atoms in total. The molecule has 0 spiro atoms. The van der Waals surface area contributed by atoms with Crippen LogP contribution in [0.5, 0.6) is 5.75 Å². The molecule has 1 aliphatic heterocycles. The summed E-state index contributed by atoms with van der Waals surface area (Å²) in [5.74, 6) is -0.326. The minimum atomic E-state index is -0.660. The molecular formula is C16H19FN4O3. The van der Waals surface area contributed by atoms with Crippen LogP contribution in [0.3, 0.4) is 0 Å². The molecule has 2 aromatic rings. The summed E-state index contributed by atoms with van der Waals surface area (Å²) in [6.45, 7) is 2.85. The van der Waals surface area contributed by atoms with Crippen LogP contribution in [0.2, 0.25) is 0 Å². The fourth-order valence-corrected chi connectivity index (χ4v) is 2.45. The van der Waals surface area contributed by atoms with Crippen LogP contribution in [-0.4, -0.2) is 50.6 Å². The number of ether oxygens (including phenoxy) is 1. The Hall–Kier alpha value is -2.48. The van der Waals surface area contributed by atoms with Gasteiger partial charge in [0.1, 0.15) is 5.69 Å². The number of benzene rings is 1. The van der Waals surface area contributed by atoms with Crippen molar-refractivity contribution in [2.45, 2.75) is 25.5 Å². The van der Waals surface area contributed by atoms with Gasteiger partial charge in [-0.2, -0.15) is 0 Å². The predicted molar refractivity (Wildman–Crippen MR) is 82.8 cm³/mol. The van der Waals surface area contributed by atoms with Crippen LogP contribution in [-0.2, 0) is 4.79 Å². The largest absolute Gasteiger partial charge is 0.490 e. The van der Waals surface area contributed by atoms with E-state index < -0.39 is 11.9 Å². The van der Waals surface area contributed by atoms with Crippen molar-refractivity contribution in [1.82, 2.24) is 19.9 Å². The molecule has 1 aromatic carbocycles. The maximum atomic E-state index is 13.4. The first kappa shape index (κ1) is 16.4. The highest BCUT2D eigenvalue weighted by Gasteiger charge is 2.32. The molecule has 1 aromatic heterocycles. The number of carbonyl (C=O) groups excluding carboxylic acids is 1. The third-order valence-corrected chi connectivity index (χ3v) is 3.96. The van der Waals surface area contributed by atoms with Crippen molar-refractivity contribution in [3.8, 4) is 5.75 Å². The van der Waals surface area contributed by atoms with Crippen LogP contribution in [0.1, 0.15) is 31.2 Å². The van der Waals surface area contributed by atoms with Crippen molar-refractivity contribution >= 4 is 5.91 Å². The normalized spacial score (nSPS) is 15.9. The summed E-state index contributed by atoms with van der Waals surface area (Å²) in [6, 6.07) is 6.18. The molecule has 1 saturated heterocycles. The first-order chi connectivity index (χ1) is 11.5. The average molecular weight is 334 g/mol. The van der Waals surface area contributed by atoms with E-state index in [0.717, 1.165) is 0 Å². The van der Waals surface area contributed by atoms with E-state index in [1.54, 1.807) is 34.8 Å². The van der Waals surface area contributed by atoms with Crippen molar-refractivity contribution in [2.75, 3.05) is 19.7 Å². The Kier molecular flexibility index (Phi) is 4.75. The van der Waals surface area contributed by atoms with Crippen LogP contribution in [0, 0.1) is 5.82 Å². The van der Waals surface area contributed by atoms with Gasteiger partial charge in [0.15, 0.2) is 11.6 Å². The van der Waals surface area contributed by atoms with Crippen LogP contribution in [0.15, 0.2) is 30.5 Å². The second kappa shape index (κ2) is 6.96. The number of amides is 1. The van der Waals surface area contributed by atoms with Gasteiger partial charge in [0.25, 0.3) is 0 Å². The van der Waals surface area contributed by atoms with Gasteiger partial charge < -0.3 is 14.7 Å². The Balaban J connectivity index is 1.42. The van der Waals surface area contributed by atoms with Gasteiger partial charge in [0.05, 0.1) is 31.4 Å². The topological polar surface area (TPSA) is 80.5 Å². The van der Waals surface area contributed by atoms with E-state index in [2.05, 4.69) is 10.3 Å². The number of para-hydroxylation sites is 1. The van der Waals surface area contributed by atoms with Crippen LogP contribution in [0.25, 0.3) is 0 Å². The Morgan fingerprint density at radius 3 is 2.88 bits per heavy atom. The molecule has 1 aliphatic rings. The van der Waals surface area contributed by atoms with Crippen LogP contribution in [0.4, 0.5) is 4.39 Å². The van der Waals surface area contributed by atoms with Gasteiger partial charge in [-0.1, -0.05) is 17.3 Å². The predicted octanol–water partition coefficient (Wildman–Crippen LogP) is 1.32. The number of halogens is 1. The zero-order chi connectivity index (χ0) is 17.1. The molecule has 1 N–H and O–H groups in total. The maximum Gasteiger partial charge on any atom is 0.226 e. The second-order valence-corrected chi connectivity index (χ2v) is 5.78. The second-order valence-electron chi connectivity index (χ2n) is 5.78. The molecule has 1 atom stereocenters. The number of likely N-dealkylation sites (tertiary alicyclic amines) is 1. The number of aliphatic hydroxyl groups excluding tert-OH is 1. The van der Waals surface area contributed by atoms with Crippen molar-refractivity contribution in [3.63, 3.8) is 0 Å². The molecule has 0 bridgehead atoms. The minimum Gasteiger partial charge on any atom is -0.490 e. The van der Waals surface area contributed by atoms with Gasteiger partial charge in [-0.15, -0.1) is 5.10 Å². The fourth-order valence-electron chi connectivity index (χ4n) is 2.45. The molecule has 8 heteroatoms. The highest BCUT2D eigenvalue weighted by molar-refractivity contribution is 5.77. The van der Waals surface area contributed by atoms with Crippen molar-refractivity contribution in [1.29, 1.82) is 0 Å².